The van der Waals surface area contributed by atoms with Gasteiger partial charge in [0.25, 0.3) is 0 Å². The highest BCUT2D eigenvalue weighted by Gasteiger charge is 2.36. The monoisotopic (exact) mass is 250 g/mol. The molecule has 0 bridgehead atoms. The van der Waals surface area contributed by atoms with Crippen LogP contribution < -0.4 is 17.0 Å². The molecule has 2 rings (SSSR count). The third-order valence-corrected chi connectivity index (χ3v) is 3.80. The highest BCUT2D eigenvalue weighted by Crippen LogP contribution is 2.29. The van der Waals surface area contributed by atoms with E-state index in [0.717, 1.165) is 37.1 Å². The number of hydrogen-bond donors (Lipinski definition) is 3. The van der Waals surface area contributed by atoms with Gasteiger partial charge in [-0.3, -0.25) is 16.3 Å². The van der Waals surface area contributed by atoms with Crippen LogP contribution in [0, 0.1) is 0 Å². The molecule has 1 fully saturated rings. The van der Waals surface area contributed by atoms with E-state index in [0.29, 0.717) is 0 Å². The molecule has 5 nitrogen and oxygen atoms in total. The lowest BCUT2D eigenvalue weighted by atomic mass is 9.85. The van der Waals surface area contributed by atoms with Gasteiger partial charge >= 0.3 is 0 Å². The third-order valence-electron chi connectivity index (χ3n) is 3.80. The summed E-state index contributed by atoms with van der Waals surface area (Å²) in [6, 6.07) is 1.86. The van der Waals surface area contributed by atoms with E-state index >= 15 is 0 Å². The lowest BCUT2D eigenvalue weighted by Crippen LogP contribution is -2.55. The predicted octanol–water partition coefficient (Wildman–Crippen LogP) is 0.997. The number of nitrogen functional groups attached to an aromatic ring is 1. The molecule has 5 heteroatoms. The van der Waals surface area contributed by atoms with Crippen LogP contribution in [-0.2, 0) is 11.2 Å². The summed E-state index contributed by atoms with van der Waals surface area (Å²) >= 11 is 0. The SMILES string of the molecule is CC1(C(Cc2cnccc2N)NN)CCCCO1. The van der Waals surface area contributed by atoms with Crippen LogP contribution in [0.4, 0.5) is 5.69 Å². The fraction of sp³-hybridized carbons (Fsp3) is 0.615. The summed E-state index contributed by atoms with van der Waals surface area (Å²) in [6.45, 7) is 2.92. The fourth-order valence-electron chi connectivity index (χ4n) is 2.51. The fourth-order valence-corrected chi connectivity index (χ4v) is 2.51. The van der Waals surface area contributed by atoms with Crippen LogP contribution in [0.25, 0.3) is 0 Å². The Kier molecular flexibility index (Phi) is 4.16. The molecule has 2 unspecified atom stereocenters. The van der Waals surface area contributed by atoms with Crippen LogP contribution in [0.2, 0.25) is 0 Å². The predicted molar refractivity (Wildman–Crippen MR) is 71.7 cm³/mol. The molecule has 18 heavy (non-hydrogen) atoms. The van der Waals surface area contributed by atoms with E-state index in [9.17, 15) is 0 Å². The van der Waals surface area contributed by atoms with Gasteiger partial charge in [0, 0.05) is 24.7 Å². The van der Waals surface area contributed by atoms with Crippen molar-refractivity contribution < 1.29 is 4.74 Å². The zero-order valence-electron chi connectivity index (χ0n) is 10.9. The van der Waals surface area contributed by atoms with Crippen molar-refractivity contribution in [3.63, 3.8) is 0 Å². The highest BCUT2D eigenvalue weighted by molar-refractivity contribution is 5.44. The summed E-state index contributed by atoms with van der Waals surface area (Å²) < 4.78 is 5.93. The van der Waals surface area contributed by atoms with Crippen molar-refractivity contribution in [2.45, 2.75) is 44.2 Å². The Hall–Kier alpha value is -1.17. The van der Waals surface area contributed by atoms with E-state index in [2.05, 4.69) is 17.3 Å². The second-order valence-electron chi connectivity index (χ2n) is 5.12. The van der Waals surface area contributed by atoms with E-state index < -0.39 is 0 Å². The normalized spacial score (nSPS) is 25.9. The van der Waals surface area contributed by atoms with Gasteiger partial charge in [-0.15, -0.1) is 0 Å². The van der Waals surface area contributed by atoms with Gasteiger partial charge in [-0.25, -0.2) is 0 Å². The second-order valence-corrected chi connectivity index (χ2v) is 5.12. The van der Waals surface area contributed by atoms with Crippen LogP contribution >= 0.6 is 0 Å². The molecule has 0 spiro atoms. The number of hydrogen-bond acceptors (Lipinski definition) is 5. The van der Waals surface area contributed by atoms with Crippen molar-refractivity contribution in [1.29, 1.82) is 0 Å². The summed E-state index contributed by atoms with van der Waals surface area (Å²) in [5.74, 6) is 5.70. The molecule has 0 amide bonds. The average Bonchev–Trinajstić information content (AvgIpc) is 2.38. The first-order valence-corrected chi connectivity index (χ1v) is 6.44. The van der Waals surface area contributed by atoms with Crippen molar-refractivity contribution in [3.8, 4) is 0 Å². The van der Waals surface area contributed by atoms with Gasteiger partial charge in [-0.05, 0) is 44.2 Å². The minimum atomic E-state index is -0.227. The topological polar surface area (TPSA) is 86.2 Å². The Morgan fingerprint density at radius 2 is 2.39 bits per heavy atom. The standard InChI is InChI=1S/C13H22N4O/c1-13(5-2-3-7-18-13)12(17-15)8-10-9-16-6-4-11(10)14/h4,6,9,12,17H,2-3,5,7-8,15H2,1H3,(H2,14,16). The molecule has 0 saturated carbocycles. The number of nitrogens with zero attached hydrogens (tertiary/aromatic N) is 1. The molecule has 1 aliphatic heterocycles. The Morgan fingerprint density at radius 1 is 1.56 bits per heavy atom. The summed E-state index contributed by atoms with van der Waals surface area (Å²) in [5, 5.41) is 0. The van der Waals surface area contributed by atoms with Gasteiger partial charge in [0.2, 0.25) is 0 Å². The average molecular weight is 250 g/mol. The van der Waals surface area contributed by atoms with E-state index in [1.54, 1.807) is 12.4 Å². The maximum atomic E-state index is 5.95. The Bertz CT molecular complexity index is 390. The van der Waals surface area contributed by atoms with E-state index in [1.807, 2.05) is 6.07 Å². The Morgan fingerprint density at radius 3 is 3.00 bits per heavy atom. The number of pyridine rings is 1. The molecule has 1 saturated heterocycles. The molecule has 2 atom stereocenters. The molecule has 5 N–H and O–H groups in total. The largest absolute Gasteiger partial charge is 0.398 e. The quantitative estimate of drug-likeness (QED) is 0.548. The molecule has 100 valence electrons. The summed E-state index contributed by atoms with van der Waals surface area (Å²) in [4.78, 5) is 4.11. The molecule has 0 radical (unpaired) electrons. The molecule has 0 aromatic carbocycles. The minimum absolute atomic E-state index is 0.0456. The zero-order chi connectivity index (χ0) is 13.0. The van der Waals surface area contributed by atoms with Crippen molar-refractivity contribution in [1.82, 2.24) is 10.4 Å². The van der Waals surface area contributed by atoms with E-state index in [1.165, 1.54) is 6.42 Å². The zero-order valence-corrected chi connectivity index (χ0v) is 10.9. The van der Waals surface area contributed by atoms with Gasteiger partial charge in [0.1, 0.15) is 0 Å². The van der Waals surface area contributed by atoms with Crippen LogP contribution in [-0.4, -0.2) is 23.2 Å². The summed E-state index contributed by atoms with van der Waals surface area (Å²) in [5.41, 5.74) is 10.4. The molecule has 1 aliphatic rings. The number of nitrogens with two attached hydrogens (primary N) is 2. The van der Waals surface area contributed by atoms with Gasteiger partial charge < -0.3 is 10.5 Å². The first-order valence-electron chi connectivity index (χ1n) is 6.44. The second kappa shape index (κ2) is 5.65. The van der Waals surface area contributed by atoms with Gasteiger partial charge in [0.05, 0.1) is 11.6 Å². The third kappa shape index (κ3) is 2.80. The maximum absolute atomic E-state index is 5.95. The molecular formula is C13H22N4O. The smallest absolute Gasteiger partial charge is 0.0823 e. The van der Waals surface area contributed by atoms with Crippen LogP contribution in [0.5, 0.6) is 0 Å². The molecule has 1 aromatic heterocycles. The molecule has 0 aliphatic carbocycles. The minimum Gasteiger partial charge on any atom is -0.398 e. The number of aromatic nitrogens is 1. The number of ether oxygens (including phenoxy) is 1. The Labute approximate surface area is 108 Å². The lowest BCUT2D eigenvalue weighted by Gasteiger charge is -2.40. The first kappa shape index (κ1) is 13.3. The van der Waals surface area contributed by atoms with Crippen molar-refractivity contribution >= 4 is 5.69 Å². The van der Waals surface area contributed by atoms with E-state index in [-0.39, 0.29) is 11.6 Å². The van der Waals surface area contributed by atoms with Crippen LogP contribution in [0.15, 0.2) is 18.5 Å². The van der Waals surface area contributed by atoms with Crippen molar-refractivity contribution in [3.05, 3.63) is 24.0 Å². The van der Waals surface area contributed by atoms with Crippen molar-refractivity contribution in [2.75, 3.05) is 12.3 Å². The molecular weight excluding hydrogens is 228 g/mol. The summed E-state index contributed by atoms with van der Waals surface area (Å²) in [7, 11) is 0. The highest BCUT2D eigenvalue weighted by atomic mass is 16.5. The molecule has 2 heterocycles. The number of hydrazine groups is 1. The van der Waals surface area contributed by atoms with E-state index in [4.69, 9.17) is 16.3 Å². The van der Waals surface area contributed by atoms with Gasteiger partial charge in [-0.1, -0.05) is 0 Å². The molecule has 1 aromatic rings. The maximum Gasteiger partial charge on any atom is 0.0823 e. The number of nitrogens with one attached hydrogen (secondary N) is 1. The van der Waals surface area contributed by atoms with Crippen LogP contribution in [0.1, 0.15) is 31.7 Å². The van der Waals surface area contributed by atoms with Gasteiger partial charge in [-0.2, -0.15) is 0 Å². The van der Waals surface area contributed by atoms with Crippen LogP contribution in [0.3, 0.4) is 0 Å². The lowest BCUT2D eigenvalue weighted by molar-refractivity contribution is -0.0884. The Balaban J connectivity index is 2.11. The van der Waals surface area contributed by atoms with Crippen molar-refractivity contribution in [2.24, 2.45) is 5.84 Å². The number of rotatable bonds is 4. The van der Waals surface area contributed by atoms with Gasteiger partial charge in [0.15, 0.2) is 0 Å². The first-order chi connectivity index (χ1) is 8.65. The summed E-state index contributed by atoms with van der Waals surface area (Å²) in [6.07, 6.45) is 7.54. The number of anilines is 1.